The predicted molar refractivity (Wildman–Crippen MR) is 126 cm³/mol. The van der Waals surface area contributed by atoms with Crippen molar-refractivity contribution >= 4 is 0 Å². The Balaban J connectivity index is 1.75. The molecular weight excluding hydrogens is 378 g/mol. The van der Waals surface area contributed by atoms with Crippen LogP contribution in [-0.2, 0) is 0 Å². The van der Waals surface area contributed by atoms with Crippen molar-refractivity contribution in [2.75, 3.05) is 0 Å². The molecule has 5 aromatic rings. The minimum absolute atomic E-state index is 0.670. The van der Waals surface area contributed by atoms with E-state index < -0.39 is 0 Å². The van der Waals surface area contributed by atoms with Gasteiger partial charge >= 0.3 is 0 Å². The standard InChI is InChI=1S/C28H21N3/c1-20-12-8-9-17-23(20)24-18-10-11-19-25(24)28-30-26(21-13-4-2-5-14-21)29-27(31-28)22-15-6-3-7-16-22/h2-19H,1H3. The van der Waals surface area contributed by atoms with Crippen LogP contribution in [0.1, 0.15) is 5.56 Å². The van der Waals surface area contributed by atoms with Crippen LogP contribution in [-0.4, -0.2) is 15.0 Å². The summed E-state index contributed by atoms with van der Waals surface area (Å²) in [6.07, 6.45) is 0. The molecule has 3 heteroatoms. The Labute approximate surface area is 182 Å². The molecule has 0 atom stereocenters. The topological polar surface area (TPSA) is 38.7 Å². The van der Waals surface area contributed by atoms with Gasteiger partial charge in [0, 0.05) is 16.7 Å². The van der Waals surface area contributed by atoms with E-state index >= 15 is 0 Å². The molecule has 0 radical (unpaired) electrons. The van der Waals surface area contributed by atoms with Crippen molar-refractivity contribution in [3.8, 4) is 45.3 Å². The fourth-order valence-corrected chi connectivity index (χ4v) is 3.72. The van der Waals surface area contributed by atoms with Gasteiger partial charge in [0.15, 0.2) is 17.5 Å². The van der Waals surface area contributed by atoms with E-state index in [2.05, 4.69) is 49.4 Å². The number of aromatic nitrogens is 3. The zero-order chi connectivity index (χ0) is 21.0. The highest BCUT2D eigenvalue weighted by Gasteiger charge is 2.15. The lowest BCUT2D eigenvalue weighted by molar-refractivity contribution is 1.07. The van der Waals surface area contributed by atoms with Crippen molar-refractivity contribution in [1.82, 2.24) is 15.0 Å². The number of hydrogen-bond donors (Lipinski definition) is 0. The first-order chi connectivity index (χ1) is 15.3. The molecule has 0 unspecified atom stereocenters. The van der Waals surface area contributed by atoms with Crippen molar-refractivity contribution in [2.45, 2.75) is 6.92 Å². The molecule has 4 aromatic carbocycles. The monoisotopic (exact) mass is 399 g/mol. The molecular formula is C28H21N3. The molecule has 0 aliphatic rings. The molecule has 148 valence electrons. The summed E-state index contributed by atoms with van der Waals surface area (Å²) in [5.74, 6) is 2.01. The number of hydrogen-bond acceptors (Lipinski definition) is 3. The van der Waals surface area contributed by atoms with Crippen LogP contribution < -0.4 is 0 Å². The lowest BCUT2D eigenvalue weighted by Crippen LogP contribution is -2.01. The van der Waals surface area contributed by atoms with E-state index in [4.69, 9.17) is 15.0 Å². The molecule has 5 rings (SSSR count). The van der Waals surface area contributed by atoms with Gasteiger partial charge < -0.3 is 0 Å². The molecule has 0 aliphatic carbocycles. The van der Waals surface area contributed by atoms with Gasteiger partial charge in [-0.25, -0.2) is 15.0 Å². The van der Waals surface area contributed by atoms with Crippen molar-refractivity contribution < 1.29 is 0 Å². The second-order valence-corrected chi connectivity index (χ2v) is 7.40. The van der Waals surface area contributed by atoms with Crippen molar-refractivity contribution in [1.29, 1.82) is 0 Å². The maximum atomic E-state index is 4.89. The summed E-state index contributed by atoms with van der Waals surface area (Å²) in [4.78, 5) is 14.6. The molecule has 0 saturated carbocycles. The maximum Gasteiger partial charge on any atom is 0.164 e. The van der Waals surface area contributed by atoms with E-state index in [0.29, 0.717) is 17.5 Å². The Morgan fingerprint density at radius 1 is 0.387 bits per heavy atom. The van der Waals surface area contributed by atoms with Crippen molar-refractivity contribution in [2.24, 2.45) is 0 Å². The van der Waals surface area contributed by atoms with Gasteiger partial charge in [0.2, 0.25) is 0 Å². The van der Waals surface area contributed by atoms with E-state index in [1.54, 1.807) is 0 Å². The zero-order valence-corrected chi connectivity index (χ0v) is 17.2. The van der Waals surface area contributed by atoms with Gasteiger partial charge in [0.1, 0.15) is 0 Å². The van der Waals surface area contributed by atoms with Crippen LogP contribution in [0.4, 0.5) is 0 Å². The van der Waals surface area contributed by atoms with Crippen molar-refractivity contribution in [3.63, 3.8) is 0 Å². The van der Waals surface area contributed by atoms with Crippen LogP contribution in [0.2, 0.25) is 0 Å². The number of nitrogens with zero attached hydrogens (tertiary/aromatic N) is 3. The largest absolute Gasteiger partial charge is 0.208 e. The first-order valence-electron chi connectivity index (χ1n) is 10.3. The Bertz CT molecular complexity index is 1270. The third-order valence-corrected chi connectivity index (χ3v) is 5.30. The van der Waals surface area contributed by atoms with Crippen LogP contribution in [0.5, 0.6) is 0 Å². The van der Waals surface area contributed by atoms with Crippen LogP contribution in [0.15, 0.2) is 109 Å². The molecule has 31 heavy (non-hydrogen) atoms. The summed E-state index contributed by atoms with van der Waals surface area (Å²) in [6, 6.07) is 36.8. The highest BCUT2D eigenvalue weighted by Crippen LogP contribution is 2.33. The molecule has 0 spiro atoms. The lowest BCUT2D eigenvalue weighted by atomic mass is 9.95. The smallest absolute Gasteiger partial charge is 0.164 e. The predicted octanol–water partition coefficient (Wildman–Crippen LogP) is 6.85. The van der Waals surface area contributed by atoms with E-state index in [9.17, 15) is 0 Å². The molecule has 0 saturated heterocycles. The number of aryl methyl sites for hydroxylation is 1. The van der Waals surface area contributed by atoms with Crippen LogP contribution in [0.3, 0.4) is 0 Å². The molecule has 0 bridgehead atoms. The summed E-state index contributed by atoms with van der Waals surface area (Å²) < 4.78 is 0. The fraction of sp³-hybridized carbons (Fsp3) is 0.0357. The third kappa shape index (κ3) is 3.86. The minimum Gasteiger partial charge on any atom is -0.208 e. The van der Waals surface area contributed by atoms with Gasteiger partial charge in [-0.2, -0.15) is 0 Å². The first-order valence-corrected chi connectivity index (χ1v) is 10.3. The highest BCUT2D eigenvalue weighted by molar-refractivity contribution is 5.83. The summed E-state index contributed by atoms with van der Waals surface area (Å²) in [6.45, 7) is 2.13. The minimum atomic E-state index is 0.670. The summed E-state index contributed by atoms with van der Waals surface area (Å²) >= 11 is 0. The molecule has 1 aromatic heterocycles. The van der Waals surface area contributed by atoms with E-state index in [0.717, 1.165) is 22.3 Å². The van der Waals surface area contributed by atoms with Crippen LogP contribution in [0, 0.1) is 6.92 Å². The first kappa shape index (κ1) is 18.9. The Kier molecular flexibility index (Phi) is 5.07. The Morgan fingerprint density at radius 3 is 1.35 bits per heavy atom. The van der Waals surface area contributed by atoms with Gasteiger partial charge in [-0.05, 0) is 23.6 Å². The molecule has 0 N–H and O–H groups in total. The summed E-state index contributed by atoms with van der Waals surface area (Å²) in [7, 11) is 0. The van der Waals surface area contributed by atoms with E-state index in [-0.39, 0.29) is 0 Å². The third-order valence-electron chi connectivity index (χ3n) is 5.30. The van der Waals surface area contributed by atoms with E-state index in [1.807, 2.05) is 66.7 Å². The molecule has 0 fully saturated rings. The average molecular weight is 399 g/mol. The molecule has 0 aliphatic heterocycles. The number of benzene rings is 4. The fourth-order valence-electron chi connectivity index (χ4n) is 3.72. The average Bonchev–Trinajstić information content (AvgIpc) is 2.85. The SMILES string of the molecule is Cc1ccccc1-c1ccccc1-c1nc(-c2ccccc2)nc(-c2ccccc2)n1. The Morgan fingerprint density at radius 2 is 0.806 bits per heavy atom. The Hall–Kier alpha value is -4.11. The maximum absolute atomic E-state index is 4.89. The summed E-state index contributed by atoms with van der Waals surface area (Å²) in [5, 5.41) is 0. The molecule has 1 heterocycles. The van der Waals surface area contributed by atoms with Crippen LogP contribution in [0.25, 0.3) is 45.3 Å². The van der Waals surface area contributed by atoms with Crippen molar-refractivity contribution in [3.05, 3.63) is 115 Å². The normalized spacial score (nSPS) is 10.7. The van der Waals surface area contributed by atoms with E-state index in [1.165, 1.54) is 11.1 Å². The second-order valence-electron chi connectivity index (χ2n) is 7.40. The molecule has 0 amide bonds. The van der Waals surface area contributed by atoms with Gasteiger partial charge in [-0.1, -0.05) is 109 Å². The zero-order valence-electron chi connectivity index (χ0n) is 17.2. The highest BCUT2D eigenvalue weighted by atomic mass is 15.0. The second kappa shape index (κ2) is 8.33. The van der Waals surface area contributed by atoms with Gasteiger partial charge in [-0.3, -0.25) is 0 Å². The quantitative estimate of drug-likeness (QED) is 0.332. The van der Waals surface area contributed by atoms with Gasteiger partial charge in [0.05, 0.1) is 0 Å². The lowest BCUT2D eigenvalue weighted by Gasteiger charge is -2.13. The van der Waals surface area contributed by atoms with Gasteiger partial charge in [-0.15, -0.1) is 0 Å². The summed E-state index contributed by atoms with van der Waals surface area (Å²) in [5.41, 5.74) is 6.45. The van der Waals surface area contributed by atoms with Gasteiger partial charge in [0.25, 0.3) is 0 Å². The number of rotatable bonds is 4. The van der Waals surface area contributed by atoms with Crippen LogP contribution >= 0.6 is 0 Å². The molecule has 3 nitrogen and oxygen atoms in total.